The number of hydrogen-bond donors (Lipinski definition) is 2. The van der Waals surface area contributed by atoms with Crippen LogP contribution in [0.2, 0.25) is 0 Å². The molecule has 98 valence electrons. The number of pyridine rings is 1. The van der Waals surface area contributed by atoms with Gasteiger partial charge in [-0.3, -0.25) is 10.1 Å². The van der Waals surface area contributed by atoms with E-state index in [1.807, 2.05) is 0 Å². The van der Waals surface area contributed by atoms with Gasteiger partial charge in [0.25, 0.3) is 0 Å². The van der Waals surface area contributed by atoms with Gasteiger partial charge in [-0.05, 0) is 13.0 Å². The van der Waals surface area contributed by atoms with E-state index in [-0.39, 0.29) is 18.1 Å². The summed E-state index contributed by atoms with van der Waals surface area (Å²) in [6, 6.07) is 0.387. The molecule has 0 radical (unpaired) electrons. The Morgan fingerprint density at radius 1 is 1.72 bits per heavy atom. The molecule has 1 atom stereocenters. The Morgan fingerprint density at radius 3 is 2.89 bits per heavy atom. The molecular weight excluding hydrogens is 242 g/mol. The largest absolute Gasteiger partial charge is 0.480 e. The fraction of sp³-hybridized carbons (Fsp3) is 0.400. The predicted molar refractivity (Wildman–Crippen MR) is 62.6 cm³/mol. The highest BCUT2D eigenvalue weighted by Crippen LogP contribution is 2.25. The minimum atomic E-state index is -1.17. The Bertz CT molecular complexity index is 463. The molecule has 0 amide bonds. The number of methoxy groups -OCH3 is 1. The van der Waals surface area contributed by atoms with E-state index in [1.165, 1.54) is 19.4 Å². The second-order valence-electron chi connectivity index (χ2n) is 3.57. The lowest BCUT2D eigenvalue weighted by Gasteiger charge is -2.14. The van der Waals surface area contributed by atoms with Gasteiger partial charge in [-0.15, -0.1) is 0 Å². The smallest absolute Gasteiger partial charge is 0.328 e. The summed E-state index contributed by atoms with van der Waals surface area (Å²) < 4.78 is 4.73. The fourth-order valence-electron chi connectivity index (χ4n) is 1.39. The van der Waals surface area contributed by atoms with Crippen molar-refractivity contribution in [2.45, 2.75) is 13.0 Å². The molecule has 0 bridgehead atoms. The number of carboxylic acids is 1. The highest BCUT2D eigenvalue weighted by molar-refractivity contribution is 5.78. The summed E-state index contributed by atoms with van der Waals surface area (Å²) in [6.45, 7) is 1.43. The van der Waals surface area contributed by atoms with Gasteiger partial charge in [-0.2, -0.15) is 0 Å². The van der Waals surface area contributed by atoms with Gasteiger partial charge < -0.3 is 15.2 Å². The van der Waals surface area contributed by atoms with Crippen LogP contribution in [0.5, 0.6) is 0 Å². The van der Waals surface area contributed by atoms with Crippen molar-refractivity contribution in [2.75, 3.05) is 19.0 Å². The van der Waals surface area contributed by atoms with Crippen molar-refractivity contribution >= 4 is 17.5 Å². The molecule has 0 spiro atoms. The third kappa shape index (κ3) is 3.14. The summed E-state index contributed by atoms with van der Waals surface area (Å²) in [7, 11) is 1.34. The Labute approximate surface area is 103 Å². The molecule has 0 aliphatic carbocycles. The Kier molecular flexibility index (Phi) is 4.55. The maximum absolute atomic E-state index is 10.9. The van der Waals surface area contributed by atoms with Gasteiger partial charge in [-0.25, -0.2) is 9.78 Å². The lowest BCUT2D eigenvalue weighted by atomic mass is 10.2. The van der Waals surface area contributed by atoms with E-state index in [9.17, 15) is 14.9 Å². The monoisotopic (exact) mass is 255 g/mol. The Balaban J connectivity index is 3.06. The summed E-state index contributed by atoms with van der Waals surface area (Å²) >= 11 is 0. The van der Waals surface area contributed by atoms with Gasteiger partial charge in [0.15, 0.2) is 0 Å². The van der Waals surface area contributed by atoms with Gasteiger partial charge >= 0.3 is 11.7 Å². The van der Waals surface area contributed by atoms with Crippen molar-refractivity contribution in [2.24, 2.45) is 0 Å². The quantitative estimate of drug-likeness (QED) is 0.570. The fourth-order valence-corrected chi connectivity index (χ4v) is 1.39. The van der Waals surface area contributed by atoms with E-state index in [0.717, 1.165) is 0 Å². The zero-order valence-corrected chi connectivity index (χ0v) is 9.91. The Hall–Kier alpha value is -2.22. The molecule has 0 aliphatic rings. The number of nitrogens with zero attached hydrogens (tertiary/aromatic N) is 2. The molecular formula is C10H13N3O5. The van der Waals surface area contributed by atoms with E-state index in [0.29, 0.717) is 5.56 Å². The number of nitrogens with one attached hydrogen (secondary N) is 1. The van der Waals surface area contributed by atoms with Crippen LogP contribution in [0.4, 0.5) is 11.5 Å². The zero-order valence-electron chi connectivity index (χ0n) is 9.91. The van der Waals surface area contributed by atoms with Gasteiger partial charge in [0.05, 0.1) is 11.5 Å². The van der Waals surface area contributed by atoms with Crippen molar-refractivity contribution in [3.8, 4) is 0 Å². The first-order chi connectivity index (χ1) is 8.47. The first kappa shape index (κ1) is 13.8. The predicted octanol–water partition coefficient (Wildman–Crippen LogP) is 0.810. The average molecular weight is 255 g/mol. The maximum atomic E-state index is 10.9. The van der Waals surface area contributed by atoms with Crippen molar-refractivity contribution in [1.29, 1.82) is 0 Å². The van der Waals surface area contributed by atoms with Crippen molar-refractivity contribution in [1.82, 2.24) is 4.98 Å². The molecule has 1 rings (SSSR count). The van der Waals surface area contributed by atoms with Gasteiger partial charge in [0.2, 0.25) is 5.82 Å². The molecule has 0 aromatic carbocycles. The highest BCUT2D eigenvalue weighted by Gasteiger charge is 2.24. The molecule has 18 heavy (non-hydrogen) atoms. The summed E-state index contributed by atoms with van der Waals surface area (Å²) in [5.74, 6) is -1.25. The van der Waals surface area contributed by atoms with Crippen molar-refractivity contribution in [3.63, 3.8) is 0 Å². The van der Waals surface area contributed by atoms with Crippen LogP contribution in [0.15, 0.2) is 12.3 Å². The van der Waals surface area contributed by atoms with E-state index in [2.05, 4.69) is 10.3 Å². The highest BCUT2D eigenvalue weighted by atomic mass is 16.6. The van der Waals surface area contributed by atoms with E-state index in [1.54, 1.807) is 6.92 Å². The zero-order chi connectivity index (χ0) is 13.7. The lowest BCUT2D eigenvalue weighted by molar-refractivity contribution is -0.384. The van der Waals surface area contributed by atoms with Crippen LogP contribution in [0.1, 0.15) is 5.56 Å². The molecule has 1 heterocycles. The molecule has 1 aromatic heterocycles. The number of anilines is 1. The lowest BCUT2D eigenvalue weighted by Crippen LogP contribution is -2.34. The molecule has 0 aliphatic heterocycles. The molecule has 0 fully saturated rings. The SMILES string of the molecule is COCC(Nc1nccc(C)c1[N+](=O)[O-])C(=O)O. The minimum Gasteiger partial charge on any atom is -0.480 e. The van der Waals surface area contributed by atoms with Crippen LogP contribution in [0.3, 0.4) is 0 Å². The summed E-state index contributed by atoms with van der Waals surface area (Å²) in [4.78, 5) is 25.0. The first-order valence-corrected chi connectivity index (χ1v) is 5.05. The van der Waals surface area contributed by atoms with Crippen LogP contribution in [-0.4, -0.2) is 40.7 Å². The van der Waals surface area contributed by atoms with Crippen LogP contribution >= 0.6 is 0 Å². The summed E-state index contributed by atoms with van der Waals surface area (Å²) in [5.41, 5.74) is 0.166. The van der Waals surface area contributed by atoms with Crippen LogP contribution < -0.4 is 5.32 Å². The molecule has 8 nitrogen and oxygen atoms in total. The third-order valence-corrected chi connectivity index (χ3v) is 2.25. The summed E-state index contributed by atoms with van der Waals surface area (Å²) in [5, 5.41) is 22.3. The number of aryl methyl sites for hydroxylation is 1. The number of carbonyl (C=O) groups is 1. The second kappa shape index (κ2) is 5.92. The molecule has 0 saturated carbocycles. The van der Waals surface area contributed by atoms with E-state index >= 15 is 0 Å². The van der Waals surface area contributed by atoms with Gasteiger partial charge in [0, 0.05) is 18.9 Å². The molecule has 2 N–H and O–H groups in total. The van der Waals surface area contributed by atoms with E-state index < -0.39 is 16.9 Å². The van der Waals surface area contributed by atoms with Crippen molar-refractivity contribution < 1.29 is 19.6 Å². The normalized spacial score (nSPS) is 11.9. The second-order valence-corrected chi connectivity index (χ2v) is 3.57. The summed E-state index contributed by atoms with van der Waals surface area (Å²) in [6.07, 6.45) is 1.37. The van der Waals surface area contributed by atoms with Crippen LogP contribution in [-0.2, 0) is 9.53 Å². The third-order valence-electron chi connectivity index (χ3n) is 2.25. The first-order valence-electron chi connectivity index (χ1n) is 5.05. The van der Waals surface area contributed by atoms with Crippen LogP contribution in [0, 0.1) is 17.0 Å². The number of ether oxygens (including phenoxy) is 1. The molecule has 1 unspecified atom stereocenters. The van der Waals surface area contributed by atoms with E-state index in [4.69, 9.17) is 9.84 Å². The molecule has 1 aromatic rings. The van der Waals surface area contributed by atoms with Gasteiger partial charge in [0.1, 0.15) is 6.04 Å². The number of aromatic nitrogens is 1. The number of aliphatic carboxylic acids is 1. The minimum absolute atomic E-state index is 0.0792. The maximum Gasteiger partial charge on any atom is 0.328 e. The standard InChI is InChI=1S/C10H13N3O5/c1-6-3-4-11-9(8(6)13(16)17)12-7(5-18-2)10(14)15/h3-4,7H,5H2,1-2H3,(H,11,12)(H,14,15). The van der Waals surface area contributed by atoms with Crippen LogP contribution in [0.25, 0.3) is 0 Å². The number of rotatable bonds is 6. The van der Waals surface area contributed by atoms with Gasteiger partial charge in [-0.1, -0.05) is 0 Å². The molecule has 8 heteroatoms. The Morgan fingerprint density at radius 2 is 2.39 bits per heavy atom. The molecule has 0 saturated heterocycles. The topological polar surface area (TPSA) is 115 Å². The number of carboxylic acid groups (broad SMARTS) is 1. The van der Waals surface area contributed by atoms with Crippen molar-refractivity contribution in [3.05, 3.63) is 27.9 Å². The average Bonchev–Trinajstić information content (AvgIpc) is 2.27. The number of hydrogen-bond acceptors (Lipinski definition) is 6. The number of nitro groups is 1.